The van der Waals surface area contributed by atoms with Crippen LogP contribution in [0.4, 0.5) is 5.69 Å². The topological polar surface area (TPSA) is 58.2 Å². The maximum atomic E-state index is 13.1. The van der Waals surface area contributed by atoms with Gasteiger partial charge in [-0.2, -0.15) is 0 Å². The first-order chi connectivity index (χ1) is 15.7. The summed E-state index contributed by atoms with van der Waals surface area (Å²) in [5.41, 5.74) is 3.27. The predicted octanol–water partition coefficient (Wildman–Crippen LogP) is 5.91. The fraction of sp³-hybridized carbons (Fsp3) is 0.286. The zero-order valence-electron chi connectivity index (χ0n) is 18.3. The van der Waals surface area contributed by atoms with Gasteiger partial charge in [-0.15, -0.1) is 0 Å². The molecule has 4 rings (SSSR count). The van der Waals surface area contributed by atoms with Gasteiger partial charge in [-0.25, -0.2) is 0 Å². The molecule has 0 atom stereocenters. The van der Waals surface area contributed by atoms with E-state index in [0.29, 0.717) is 17.7 Å². The quantitative estimate of drug-likeness (QED) is 0.493. The van der Waals surface area contributed by atoms with Crippen molar-refractivity contribution in [2.75, 3.05) is 5.32 Å². The smallest absolute Gasteiger partial charge is 0.253 e. The highest BCUT2D eigenvalue weighted by Gasteiger charge is 2.21. The van der Waals surface area contributed by atoms with Gasteiger partial charge in [0.2, 0.25) is 5.91 Å². The van der Waals surface area contributed by atoms with Crippen molar-refractivity contribution in [3.63, 3.8) is 0 Å². The van der Waals surface area contributed by atoms with Crippen LogP contribution in [0, 0.1) is 0 Å². The lowest BCUT2D eigenvalue weighted by Gasteiger charge is -2.23. The van der Waals surface area contributed by atoms with E-state index in [1.165, 1.54) is 6.42 Å². The van der Waals surface area contributed by atoms with E-state index in [-0.39, 0.29) is 23.8 Å². The number of carbonyl (C=O) groups is 2. The first-order valence-corrected chi connectivity index (χ1v) is 11.5. The van der Waals surface area contributed by atoms with Crippen molar-refractivity contribution in [2.45, 2.75) is 50.5 Å². The van der Waals surface area contributed by atoms with Crippen molar-refractivity contribution >= 4 is 17.5 Å². The van der Waals surface area contributed by atoms with Crippen LogP contribution in [0.5, 0.6) is 0 Å². The van der Waals surface area contributed by atoms with E-state index >= 15 is 0 Å². The summed E-state index contributed by atoms with van der Waals surface area (Å²) in [7, 11) is 0. The van der Waals surface area contributed by atoms with Gasteiger partial charge in [-0.1, -0.05) is 92.1 Å². The number of anilines is 1. The number of hydrogen-bond donors (Lipinski definition) is 2. The van der Waals surface area contributed by atoms with Crippen LogP contribution >= 0.6 is 0 Å². The van der Waals surface area contributed by atoms with Crippen molar-refractivity contribution in [3.8, 4) is 0 Å². The van der Waals surface area contributed by atoms with Crippen LogP contribution in [0.25, 0.3) is 0 Å². The predicted molar refractivity (Wildman–Crippen MR) is 129 cm³/mol. The molecule has 0 radical (unpaired) electrons. The van der Waals surface area contributed by atoms with Crippen LogP contribution in [0.15, 0.2) is 84.9 Å². The van der Waals surface area contributed by atoms with E-state index in [4.69, 9.17) is 0 Å². The summed E-state index contributed by atoms with van der Waals surface area (Å²) in [6, 6.07) is 27.6. The molecule has 4 nitrogen and oxygen atoms in total. The van der Waals surface area contributed by atoms with Gasteiger partial charge in [0.1, 0.15) is 0 Å². The lowest BCUT2D eigenvalue weighted by atomic mass is 9.88. The van der Waals surface area contributed by atoms with Gasteiger partial charge in [-0.3, -0.25) is 9.59 Å². The van der Waals surface area contributed by atoms with Crippen molar-refractivity contribution in [3.05, 3.63) is 102 Å². The molecule has 0 bridgehead atoms. The van der Waals surface area contributed by atoms with E-state index in [1.807, 2.05) is 48.5 Å². The minimum absolute atomic E-state index is 0.0550. The molecule has 0 heterocycles. The van der Waals surface area contributed by atoms with Gasteiger partial charge in [0.05, 0.1) is 11.3 Å². The SMILES string of the molecule is O=C(CC(c1ccccc1)c1ccccc1)Nc1ccccc1C(=O)NC1CCCCC1. The summed E-state index contributed by atoms with van der Waals surface area (Å²) < 4.78 is 0. The Morgan fingerprint density at radius 3 is 1.94 bits per heavy atom. The van der Waals surface area contributed by atoms with Gasteiger partial charge < -0.3 is 10.6 Å². The van der Waals surface area contributed by atoms with E-state index in [9.17, 15) is 9.59 Å². The molecule has 3 aromatic carbocycles. The minimum Gasteiger partial charge on any atom is -0.349 e. The molecule has 164 valence electrons. The Bertz CT molecular complexity index is 988. The third kappa shape index (κ3) is 5.64. The van der Waals surface area contributed by atoms with Crippen molar-refractivity contribution in [2.24, 2.45) is 0 Å². The fourth-order valence-electron chi connectivity index (χ4n) is 4.49. The molecule has 4 heteroatoms. The fourth-order valence-corrected chi connectivity index (χ4v) is 4.49. The average Bonchev–Trinajstić information content (AvgIpc) is 2.84. The van der Waals surface area contributed by atoms with Crippen LogP contribution in [0.1, 0.15) is 65.9 Å². The molecule has 2 amide bonds. The summed E-state index contributed by atoms with van der Waals surface area (Å²) in [6.45, 7) is 0. The molecule has 1 aliphatic rings. The van der Waals surface area contributed by atoms with Gasteiger partial charge in [0.15, 0.2) is 0 Å². The Kier molecular flexibility index (Phi) is 7.34. The number of rotatable bonds is 7. The molecule has 2 N–H and O–H groups in total. The zero-order valence-corrected chi connectivity index (χ0v) is 18.3. The number of para-hydroxylation sites is 1. The van der Waals surface area contributed by atoms with Crippen LogP contribution in [-0.2, 0) is 4.79 Å². The van der Waals surface area contributed by atoms with Crippen LogP contribution in [-0.4, -0.2) is 17.9 Å². The molecule has 0 aliphatic heterocycles. The lowest BCUT2D eigenvalue weighted by molar-refractivity contribution is -0.116. The maximum Gasteiger partial charge on any atom is 0.253 e. The van der Waals surface area contributed by atoms with E-state index in [0.717, 1.165) is 36.8 Å². The van der Waals surface area contributed by atoms with Crippen molar-refractivity contribution in [1.29, 1.82) is 0 Å². The molecule has 1 aliphatic carbocycles. The van der Waals surface area contributed by atoms with E-state index < -0.39 is 0 Å². The Morgan fingerprint density at radius 2 is 1.31 bits per heavy atom. The normalized spacial score (nSPS) is 14.2. The summed E-state index contributed by atoms with van der Waals surface area (Å²) in [6.07, 6.45) is 5.90. The highest BCUT2D eigenvalue weighted by Crippen LogP contribution is 2.29. The van der Waals surface area contributed by atoms with E-state index in [1.54, 1.807) is 12.1 Å². The summed E-state index contributed by atoms with van der Waals surface area (Å²) in [5, 5.41) is 6.15. The van der Waals surface area contributed by atoms with Crippen LogP contribution in [0.2, 0.25) is 0 Å². The number of hydrogen-bond acceptors (Lipinski definition) is 2. The molecular formula is C28H30N2O2. The highest BCUT2D eigenvalue weighted by molar-refractivity contribution is 6.04. The molecule has 32 heavy (non-hydrogen) atoms. The lowest BCUT2D eigenvalue weighted by Crippen LogP contribution is -2.36. The molecule has 3 aromatic rings. The average molecular weight is 427 g/mol. The second-order valence-electron chi connectivity index (χ2n) is 8.48. The Morgan fingerprint density at radius 1 is 0.750 bits per heavy atom. The molecular weight excluding hydrogens is 396 g/mol. The minimum atomic E-state index is -0.115. The van der Waals surface area contributed by atoms with Gasteiger partial charge >= 0.3 is 0 Å². The van der Waals surface area contributed by atoms with Crippen molar-refractivity contribution in [1.82, 2.24) is 5.32 Å². The molecule has 0 aromatic heterocycles. The second kappa shape index (κ2) is 10.8. The summed E-state index contributed by atoms with van der Waals surface area (Å²) >= 11 is 0. The van der Waals surface area contributed by atoms with Gasteiger partial charge in [0.25, 0.3) is 5.91 Å². The Hall–Kier alpha value is -3.40. The third-order valence-electron chi connectivity index (χ3n) is 6.18. The van der Waals surface area contributed by atoms with E-state index in [2.05, 4.69) is 34.9 Å². The largest absolute Gasteiger partial charge is 0.349 e. The number of amides is 2. The van der Waals surface area contributed by atoms with Crippen molar-refractivity contribution < 1.29 is 9.59 Å². The van der Waals surface area contributed by atoms with Crippen LogP contribution in [0.3, 0.4) is 0 Å². The highest BCUT2D eigenvalue weighted by atomic mass is 16.2. The number of carbonyl (C=O) groups excluding carboxylic acids is 2. The molecule has 1 fully saturated rings. The monoisotopic (exact) mass is 426 g/mol. The Labute approximate surface area is 190 Å². The van der Waals surface area contributed by atoms with Gasteiger partial charge in [0, 0.05) is 18.4 Å². The molecule has 0 saturated heterocycles. The molecule has 0 spiro atoms. The second-order valence-corrected chi connectivity index (χ2v) is 8.48. The maximum absolute atomic E-state index is 13.1. The molecule has 1 saturated carbocycles. The summed E-state index contributed by atoms with van der Waals surface area (Å²) in [4.78, 5) is 26.0. The number of benzene rings is 3. The molecule has 0 unspecified atom stereocenters. The number of nitrogens with one attached hydrogen (secondary N) is 2. The first-order valence-electron chi connectivity index (χ1n) is 11.5. The van der Waals surface area contributed by atoms with Crippen LogP contribution < -0.4 is 10.6 Å². The summed E-state index contributed by atoms with van der Waals surface area (Å²) in [5.74, 6) is -0.281. The Balaban J connectivity index is 1.49. The van der Waals surface area contributed by atoms with Gasteiger partial charge in [-0.05, 0) is 36.1 Å². The zero-order chi connectivity index (χ0) is 22.2. The standard InChI is InChI=1S/C28H30N2O2/c31-27(20-25(21-12-4-1-5-13-21)22-14-6-2-7-15-22)30-26-19-11-10-18-24(26)28(32)29-23-16-8-3-9-17-23/h1-2,4-7,10-15,18-19,23,25H,3,8-9,16-17,20H2,(H,29,32)(H,30,31). The third-order valence-corrected chi connectivity index (χ3v) is 6.18. The first kappa shape index (κ1) is 21.8.